The van der Waals surface area contributed by atoms with Gasteiger partial charge >= 0.3 is 0 Å². The summed E-state index contributed by atoms with van der Waals surface area (Å²) in [5.74, 6) is 2.23. The van der Waals surface area contributed by atoms with Crippen LogP contribution in [0.3, 0.4) is 0 Å². The minimum atomic E-state index is -0.937. The summed E-state index contributed by atoms with van der Waals surface area (Å²) in [6.07, 6.45) is 0. The molecule has 154 valence electrons. The second-order valence-electron chi connectivity index (χ2n) is 7.82. The molecule has 6 nitrogen and oxygen atoms in total. The molecule has 7 heteroatoms. The summed E-state index contributed by atoms with van der Waals surface area (Å²) in [5.41, 5.74) is 0.244. The van der Waals surface area contributed by atoms with Gasteiger partial charge in [-0.3, -0.25) is 9.69 Å². The van der Waals surface area contributed by atoms with E-state index >= 15 is 0 Å². The Morgan fingerprint density at radius 1 is 1.03 bits per heavy atom. The van der Waals surface area contributed by atoms with E-state index in [4.69, 9.17) is 25.8 Å². The van der Waals surface area contributed by atoms with Gasteiger partial charge in [0.15, 0.2) is 17.1 Å². The smallest absolute Gasteiger partial charge is 0.266 e. The topological polar surface area (TPSA) is 51.2 Å². The third-order valence-corrected chi connectivity index (χ3v) is 5.46. The lowest BCUT2D eigenvalue weighted by Gasteiger charge is -2.38. The number of nitrogens with zero attached hydrogens (tertiary/aromatic N) is 2. The lowest BCUT2D eigenvalue weighted by molar-refractivity contribution is -0.147. The van der Waals surface area contributed by atoms with E-state index in [2.05, 4.69) is 11.0 Å². The fourth-order valence-electron chi connectivity index (χ4n) is 3.63. The summed E-state index contributed by atoms with van der Waals surface area (Å²) in [4.78, 5) is 17.2. The zero-order valence-electron chi connectivity index (χ0n) is 16.7. The summed E-state index contributed by atoms with van der Waals surface area (Å²) >= 11 is 5.92. The molecule has 1 saturated heterocycles. The van der Waals surface area contributed by atoms with Gasteiger partial charge < -0.3 is 19.1 Å². The predicted molar refractivity (Wildman–Crippen MR) is 111 cm³/mol. The van der Waals surface area contributed by atoms with E-state index < -0.39 is 5.60 Å². The van der Waals surface area contributed by atoms with Crippen molar-refractivity contribution in [2.75, 3.05) is 33.0 Å². The molecular formula is C22H25ClN2O4. The monoisotopic (exact) mass is 416 g/mol. The van der Waals surface area contributed by atoms with Gasteiger partial charge in [0.1, 0.15) is 5.75 Å². The number of ether oxygens (including phenoxy) is 3. The van der Waals surface area contributed by atoms with Gasteiger partial charge in [-0.1, -0.05) is 17.7 Å². The third kappa shape index (κ3) is 4.60. The Morgan fingerprint density at radius 2 is 1.72 bits per heavy atom. The summed E-state index contributed by atoms with van der Waals surface area (Å²) < 4.78 is 16.8. The number of benzene rings is 2. The zero-order chi connectivity index (χ0) is 20.4. The first-order valence-corrected chi connectivity index (χ1v) is 10.1. The number of carbonyl (C=O) groups excluding carboxylic acids is 1. The average molecular weight is 417 g/mol. The van der Waals surface area contributed by atoms with Crippen molar-refractivity contribution >= 4 is 17.5 Å². The number of amides is 1. The van der Waals surface area contributed by atoms with Crippen molar-refractivity contribution in [3.05, 3.63) is 53.1 Å². The Morgan fingerprint density at radius 3 is 2.45 bits per heavy atom. The highest BCUT2D eigenvalue weighted by Crippen LogP contribution is 2.33. The Balaban J connectivity index is 1.31. The Labute approximate surface area is 175 Å². The van der Waals surface area contributed by atoms with E-state index in [1.807, 2.05) is 30.9 Å². The average Bonchev–Trinajstić information content (AvgIpc) is 3.17. The number of carbonyl (C=O) groups is 1. The molecule has 0 aromatic heterocycles. The van der Waals surface area contributed by atoms with Crippen LogP contribution in [0.5, 0.6) is 17.2 Å². The molecule has 0 radical (unpaired) electrons. The summed E-state index contributed by atoms with van der Waals surface area (Å²) in [5, 5.41) is 0.639. The molecule has 0 N–H and O–H groups in total. The van der Waals surface area contributed by atoms with Crippen LogP contribution < -0.4 is 14.2 Å². The van der Waals surface area contributed by atoms with E-state index in [1.54, 1.807) is 24.3 Å². The molecule has 2 heterocycles. The molecule has 0 saturated carbocycles. The van der Waals surface area contributed by atoms with Crippen molar-refractivity contribution in [3.63, 3.8) is 0 Å². The van der Waals surface area contributed by atoms with Crippen molar-refractivity contribution in [2.45, 2.75) is 26.0 Å². The van der Waals surface area contributed by atoms with Crippen LogP contribution in [0.2, 0.25) is 5.02 Å². The quantitative estimate of drug-likeness (QED) is 0.745. The first kappa shape index (κ1) is 19.9. The number of piperazine rings is 1. The number of hydrogen-bond donors (Lipinski definition) is 0. The minimum absolute atomic E-state index is 0.00446. The predicted octanol–water partition coefficient (Wildman–Crippen LogP) is 3.57. The van der Waals surface area contributed by atoms with Crippen LogP contribution in [0, 0.1) is 0 Å². The van der Waals surface area contributed by atoms with Crippen LogP contribution in [0.1, 0.15) is 19.4 Å². The zero-order valence-corrected chi connectivity index (χ0v) is 17.4. The van der Waals surface area contributed by atoms with Gasteiger partial charge in [0.05, 0.1) is 0 Å². The summed E-state index contributed by atoms with van der Waals surface area (Å²) in [7, 11) is 0. The second kappa shape index (κ2) is 8.13. The van der Waals surface area contributed by atoms with Gasteiger partial charge in [-0.25, -0.2) is 0 Å². The lowest BCUT2D eigenvalue weighted by atomic mass is 10.1. The van der Waals surface area contributed by atoms with Crippen molar-refractivity contribution in [1.29, 1.82) is 0 Å². The molecule has 0 aliphatic carbocycles. The Kier molecular flexibility index (Phi) is 5.56. The van der Waals surface area contributed by atoms with Gasteiger partial charge in [0.2, 0.25) is 6.79 Å². The molecule has 0 bridgehead atoms. The maximum absolute atomic E-state index is 13.0. The Bertz CT molecular complexity index is 877. The van der Waals surface area contributed by atoms with Gasteiger partial charge in [-0.2, -0.15) is 0 Å². The van der Waals surface area contributed by atoms with Crippen LogP contribution in [0.4, 0.5) is 0 Å². The standard InChI is InChI=1S/C22H25ClN2O4/c1-22(2,29-18-6-4-17(23)5-7-18)21(26)25-11-9-24(10-12-25)14-16-3-8-19-20(13-16)28-15-27-19/h3-8,13H,9-12,14-15H2,1-2H3. The van der Waals surface area contributed by atoms with Crippen molar-refractivity contribution in [1.82, 2.24) is 9.80 Å². The SMILES string of the molecule is CC(C)(Oc1ccc(Cl)cc1)C(=O)N1CCN(Cc2ccc3c(c2)OCO3)CC1. The highest BCUT2D eigenvalue weighted by atomic mass is 35.5. The van der Waals surface area contributed by atoms with Gasteiger partial charge in [-0.05, 0) is 55.8 Å². The van der Waals surface area contributed by atoms with E-state index in [1.165, 1.54) is 5.56 Å². The van der Waals surface area contributed by atoms with Crippen molar-refractivity contribution in [2.24, 2.45) is 0 Å². The van der Waals surface area contributed by atoms with Crippen LogP contribution in [-0.4, -0.2) is 54.3 Å². The molecule has 1 fully saturated rings. The number of hydrogen-bond acceptors (Lipinski definition) is 5. The van der Waals surface area contributed by atoms with Crippen molar-refractivity contribution in [3.8, 4) is 17.2 Å². The third-order valence-electron chi connectivity index (χ3n) is 5.20. The first-order valence-electron chi connectivity index (χ1n) is 9.75. The van der Waals surface area contributed by atoms with Crippen LogP contribution >= 0.6 is 11.6 Å². The fourth-order valence-corrected chi connectivity index (χ4v) is 3.75. The molecule has 4 rings (SSSR count). The molecule has 2 aromatic carbocycles. The second-order valence-corrected chi connectivity index (χ2v) is 8.26. The van der Waals surface area contributed by atoms with E-state index in [0.29, 0.717) is 23.9 Å². The first-order chi connectivity index (χ1) is 13.9. The van der Waals surface area contributed by atoms with Gasteiger partial charge in [0, 0.05) is 37.7 Å². The number of halogens is 1. The molecular weight excluding hydrogens is 392 g/mol. The number of fused-ring (bicyclic) bond motifs is 1. The number of rotatable bonds is 5. The molecule has 29 heavy (non-hydrogen) atoms. The minimum Gasteiger partial charge on any atom is -0.478 e. The van der Waals surface area contributed by atoms with E-state index in [0.717, 1.165) is 31.1 Å². The largest absolute Gasteiger partial charge is 0.478 e. The van der Waals surface area contributed by atoms with E-state index in [-0.39, 0.29) is 12.7 Å². The molecule has 2 aliphatic heterocycles. The van der Waals surface area contributed by atoms with Gasteiger partial charge in [-0.15, -0.1) is 0 Å². The molecule has 0 spiro atoms. The molecule has 2 aromatic rings. The lowest BCUT2D eigenvalue weighted by Crippen LogP contribution is -2.55. The van der Waals surface area contributed by atoms with Crippen LogP contribution in [-0.2, 0) is 11.3 Å². The maximum atomic E-state index is 13.0. The molecule has 1 amide bonds. The van der Waals surface area contributed by atoms with Crippen LogP contribution in [0.25, 0.3) is 0 Å². The molecule has 0 unspecified atom stereocenters. The molecule has 2 aliphatic rings. The maximum Gasteiger partial charge on any atom is 0.266 e. The Hall–Kier alpha value is -2.44. The van der Waals surface area contributed by atoms with E-state index in [9.17, 15) is 4.79 Å². The fraction of sp³-hybridized carbons (Fsp3) is 0.409. The van der Waals surface area contributed by atoms with Crippen LogP contribution in [0.15, 0.2) is 42.5 Å². The normalized spacial score (nSPS) is 16.7. The summed E-state index contributed by atoms with van der Waals surface area (Å²) in [6.45, 7) is 7.71. The summed E-state index contributed by atoms with van der Waals surface area (Å²) in [6, 6.07) is 13.1. The molecule has 0 atom stereocenters. The highest BCUT2D eigenvalue weighted by Gasteiger charge is 2.35. The highest BCUT2D eigenvalue weighted by molar-refractivity contribution is 6.30. The van der Waals surface area contributed by atoms with Gasteiger partial charge in [0.25, 0.3) is 5.91 Å². The van der Waals surface area contributed by atoms with Crippen molar-refractivity contribution < 1.29 is 19.0 Å².